The zero-order valence-corrected chi connectivity index (χ0v) is 9.82. The van der Waals surface area contributed by atoms with E-state index in [4.69, 9.17) is 0 Å². The van der Waals surface area contributed by atoms with E-state index in [0.29, 0.717) is 0 Å². The Hall–Kier alpha value is -2.10. The normalized spacial score (nSPS) is 12.2. The van der Waals surface area contributed by atoms with Gasteiger partial charge in [-0.2, -0.15) is 0 Å². The van der Waals surface area contributed by atoms with Gasteiger partial charge in [-0.3, -0.25) is 0 Å². The van der Waals surface area contributed by atoms with Gasteiger partial charge in [0, 0.05) is 6.04 Å². The van der Waals surface area contributed by atoms with Gasteiger partial charge >= 0.3 is 0 Å². The summed E-state index contributed by atoms with van der Waals surface area (Å²) in [5.41, 5.74) is 0.893. The predicted molar refractivity (Wildman–Crippen MR) is 66.5 cm³/mol. The number of rotatable bonds is 3. The average Bonchev–Trinajstić information content (AvgIpc) is 2.35. The van der Waals surface area contributed by atoms with E-state index in [1.807, 2.05) is 0 Å². The maximum atomic E-state index is 13.5. The molecule has 1 atom stereocenters. The highest BCUT2D eigenvalue weighted by molar-refractivity contribution is 5.47. The summed E-state index contributed by atoms with van der Waals surface area (Å²) in [5.74, 6) is -1.64. The van der Waals surface area contributed by atoms with Crippen molar-refractivity contribution in [3.63, 3.8) is 0 Å². The van der Waals surface area contributed by atoms with E-state index in [1.54, 1.807) is 31.2 Å². The molecule has 2 rings (SSSR count). The van der Waals surface area contributed by atoms with Crippen LogP contribution in [0.2, 0.25) is 0 Å². The molecule has 0 heterocycles. The molecule has 2 N–H and O–H groups in total. The van der Waals surface area contributed by atoms with Gasteiger partial charge in [-0.25, -0.2) is 8.78 Å². The Morgan fingerprint density at radius 3 is 2.56 bits per heavy atom. The first-order valence-electron chi connectivity index (χ1n) is 5.57. The zero-order valence-electron chi connectivity index (χ0n) is 9.82. The van der Waals surface area contributed by atoms with Crippen molar-refractivity contribution in [1.29, 1.82) is 0 Å². The Morgan fingerprint density at radius 2 is 1.83 bits per heavy atom. The lowest BCUT2D eigenvalue weighted by Gasteiger charge is -2.16. The van der Waals surface area contributed by atoms with Crippen LogP contribution in [-0.2, 0) is 0 Å². The van der Waals surface area contributed by atoms with Crippen LogP contribution >= 0.6 is 0 Å². The number of aromatic hydroxyl groups is 1. The molecule has 0 aliphatic heterocycles. The lowest BCUT2D eigenvalue weighted by molar-refractivity contribution is 0.474. The van der Waals surface area contributed by atoms with Gasteiger partial charge in [-0.1, -0.05) is 18.2 Å². The summed E-state index contributed by atoms with van der Waals surface area (Å²) in [4.78, 5) is 0. The number of nitrogens with one attached hydrogen (secondary N) is 1. The molecule has 4 heteroatoms. The summed E-state index contributed by atoms with van der Waals surface area (Å²) in [6.07, 6.45) is 0. The van der Waals surface area contributed by atoms with Crippen molar-refractivity contribution in [2.24, 2.45) is 0 Å². The lowest BCUT2D eigenvalue weighted by Crippen LogP contribution is -2.08. The summed E-state index contributed by atoms with van der Waals surface area (Å²) < 4.78 is 26.5. The van der Waals surface area contributed by atoms with Gasteiger partial charge in [0.1, 0.15) is 5.75 Å². The summed E-state index contributed by atoms with van der Waals surface area (Å²) in [6.45, 7) is 1.80. The second kappa shape index (κ2) is 5.04. The highest BCUT2D eigenvalue weighted by Crippen LogP contribution is 2.24. The van der Waals surface area contributed by atoms with Crippen molar-refractivity contribution in [3.8, 4) is 5.75 Å². The fourth-order valence-corrected chi connectivity index (χ4v) is 1.73. The van der Waals surface area contributed by atoms with Crippen LogP contribution in [0.15, 0.2) is 42.5 Å². The Kier molecular flexibility index (Phi) is 3.46. The Morgan fingerprint density at radius 1 is 1.11 bits per heavy atom. The number of hydrogen-bond donors (Lipinski definition) is 2. The van der Waals surface area contributed by atoms with Crippen LogP contribution in [0.25, 0.3) is 0 Å². The van der Waals surface area contributed by atoms with Crippen LogP contribution in [-0.4, -0.2) is 5.11 Å². The maximum absolute atomic E-state index is 13.5. The van der Waals surface area contributed by atoms with E-state index < -0.39 is 11.6 Å². The molecule has 0 saturated carbocycles. The van der Waals surface area contributed by atoms with E-state index in [9.17, 15) is 13.9 Å². The first kappa shape index (κ1) is 12.4. The number of anilines is 1. The third-order valence-electron chi connectivity index (χ3n) is 2.69. The van der Waals surface area contributed by atoms with Crippen molar-refractivity contribution in [2.45, 2.75) is 13.0 Å². The summed E-state index contributed by atoms with van der Waals surface area (Å²) in [5, 5.41) is 12.2. The topological polar surface area (TPSA) is 32.3 Å². The zero-order chi connectivity index (χ0) is 13.1. The molecule has 2 nitrogen and oxygen atoms in total. The molecule has 18 heavy (non-hydrogen) atoms. The SMILES string of the molecule is CC(Nc1cccc(F)c1F)c1cccc(O)c1. The summed E-state index contributed by atoms with van der Waals surface area (Å²) in [7, 11) is 0. The Balaban J connectivity index is 2.21. The predicted octanol–water partition coefficient (Wildman–Crippen LogP) is 3.84. The molecule has 94 valence electrons. The number of benzene rings is 2. The van der Waals surface area contributed by atoms with Gasteiger partial charge in [0.25, 0.3) is 0 Å². The average molecular weight is 249 g/mol. The molecular formula is C14H13F2NO. The smallest absolute Gasteiger partial charge is 0.181 e. The van der Waals surface area contributed by atoms with Crippen LogP contribution in [0, 0.1) is 11.6 Å². The number of phenols is 1. The van der Waals surface area contributed by atoms with Crippen molar-refractivity contribution in [2.75, 3.05) is 5.32 Å². The van der Waals surface area contributed by atoms with Crippen molar-refractivity contribution < 1.29 is 13.9 Å². The van der Waals surface area contributed by atoms with Gasteiger partial charge in [0.05, 0.1) is 5.69 Å². The molecule has 0 spiro atoms. The van der Waals surface area contributed by atoms with Crippen molar-refractivity contribution in [1.82, 2.24) is 0 Å². The van der Waals surface area contributed by atoms with E-state index in [2.05, 4.69) is 5.32 Å². The monoisotopic (exact) mass is 249 g/mol. The number of hydrogen-bond acceptors (Lipinski definition) is 2. The highest BCUT2D eigenvalue weighted by atomic mass is 19.2. The van der Waals surface area contributed by atoms with Crippen LogP contribution < -0.4 is 5.32 Å². The Labute approximate surface area is 104 Å². The Bertz CT molecular complexity index is 557. The minimum atomic E-state index is -0.899. The number of phenolic OH excluding ortho intramolecular Hbond substituents is 1. The maximum Gasteiger partial charge on any atom is 0.181 e. The molecule has 0 saturated heterocycles. The van der Waals surface area contributed by atoms with Crippen LogP contribution in [0.5, 0.6) is 5.75 Å². The van der Waals surface area contributed by atoms with E-state index in [-0.39, 0.29) is 17.5 Å². The molecule has 0 radical (unpaired) electrons. The lowest BCUT2D eigenvalue weighted by atomic mass is 10.1. The van der Waals surface area contributed by atoms with Gasteiger partial charge in [0.2, 0.25) is 0 Å². The fourth-order valence-electron chi connectivity index (χ4n) is 1.73. The molecule has 1 unspecified atom stereocenters. The van der Waals surface area contributed by atoms with Crippen LogP contribution in [0.3, 0.4) is 0 Å². The quantitative estimate of drug-likeness (QED) is 0.866. The first-order valence-corrected chi connectivity index (χ1v) is 5.57. The molecule has 0 aliphatic carbocycles. The highest BCUT2D eigenvalue weighted by Gasteiger charge is 2.11. The second-order valence-electron chi connectivity index (χ2n) is 4.06. The summed E-state index contributed by atoms with van der Waals surface area (Å²) in [6, 6.07) is 10.4. The standard InChI is InChI=1S/C14H13F2NO/c1-9(10-4-2-5-11(18)8-10)17-13-7-3-6-12(15)14(13)16/h2-9,17-18H,1H3. The molecule has 2 aromatic rings. The molecular weight excluding hydrogens is 236 g/mol. The molecule has 0 aliphatic rings. The van der Waals surface area contributed by atoms with Crippen LogP contribution in [0.1, 0.15) is 18.5 Å². The molecule has 0 bridgehead atoms. The van der Waals surface area contributed by atoms with Gasteiger partial charge in [-0.15, -0.1) is 0 Å². The largest absolute Gasteiger partial charge is 0.508 e. The fraction of sp³-hybridized carbons (Fsp3) is 0.143. The molecule has 2 aromatic carbocycles. The van der Waals surface area contributed by atoms with E-state index in [1.165, 1.54) is 12.1 Å². The van der Waals surface area contributed by atoms with E-state index >= 15 is 0 Å². The minimum absolute atomic E-state index is 0.103. The van der Waals surface area contributed by atoms with Crippen LogP contribution in [0.4, 0.5) is 14.5 Å². The van der Waals surface area contributed by atoms with Gasteiger partial charge < -0.3 is 10.4 Å². The molecule has 0 fully saturated rings. The molecule has 0 amide bonds. The van der Waals surface area contributed by atoms with Crippen molar-refractivity contribution in [3.05, 3.63) is 59.7 Å². The van der Waals surface area contributed by atoms with Gasteiger partial charge in [-0.05, 0) is 36.8 Å². The van der Waals surface area contributed by atoms with Gasteiger partial charge in [0.15, 0.2) is 11.6 Å². The molecule has 0 aromatic heterocycles. The third kappa shape index (κ3) is 2.59. The van der Waals surface area contributed by atoms with E-state index in [0.717, 1.165) is 11.6 Å². The first-order chi connectivity index (χ1) is 8.58. The third-order valence-corrected chi connectivity index (χ3v) is 2.69. The van der Waals surface area contributed by atoms with Crippen molar-refractivity contribution >= 4 is 5.69 Å². The minimum Gasteiger partial charge on any atom is -0.508 e. The summed E-state index contributed by atoms with van der Waals surface area (Å²) >= 11 is 0. The second-order valence-corrected chi connectivity index (χ2v) is 4.06. The number of halogens is 2.